The van der Waals surface area contributed by atoms with Crippen LogP contribution in [0.15, 0.2) is 99.4 Å². The van der Waals surface area contributed by atoms with Gasteiger partial charge in [0.1, 0.15) is 19.0 Å². The van der Waals surface area contributed by atoms with Crippen LogP contribution in [0, 0.1) is 12.7 Å². The summed E-state index contributed by atoms with van der Waals surface area (Å²) in [5.41, 5.74) is 4.84. The predicted molar refractivity (Wildman–Crippen MR) is 164 cm³/mol. The molecule has 0 bridgehead atoms. The van der Waals surface area contributed by atoms with E-state index in [0.29, 0.717) is 26.6 Å². The number of nitrogens with zero attached hydrogens (tertiary/aromatic N) is 2. The molecule has 8 nitrogen and oxygen atoms in total. The summed E-state index contributed by atoms with van der Waals surface area (Å²) in [6.07, 6.45) is 1.38. The lowest BCUT2D eigenvalue weighted by Gasteiger charge is -2.23. The topological polar surface area (TPSA) is 97.3 Å². The van der Waals surface area contributed by atoms with E-state index in [1.165, 1.54) is 37.6 Å². The highest BCUT2D eigenvalue weighted by molar-refractivity contribution is 9.10. The number of sulfonamides is 1. The van der Waals surface area contributed by atoms with Gasteiger partial charge in [0.25, 0.3) is 15.9 Å². The molecule has 0 aromatic heterocycles. The number of aryl methyl sites for hydroxylation is 1. The van der Waals surface area contributed by atoms with Gasteiger partial charge in [-0.1, -0.05) is 41.4 Å². The number of hydrazone groups is 1. The number of ether oxygens (including phenoxy) is 2. The third kappa shape index (κ3) is 7.87. The van der Waals surface area contributed by atoms with Crippen LogP contribution in [0.3, 0.4) is 0 Å². The van der Waals surface area contributed by atoms with Crippen molar-refractivity contribution in [1.82, 2.24) is 5.43 Å². The maximum Gasteiger partial charge on any atom is 0.264 e. The number of halogens is 3. The number of hydrogen-bond donors (Lipinski definition) is 1. The number of methoxy groups -OCH3 is 1. The third-order valence-corrected chi connectivity index (χ3v) is 8.59. The fraction of sp³-hybridized carbons (Fsp3) is 0.133. The van der Waals surface area contributed by atoms with Crippen molar-refractivity contribution in [3.05, 3.63) is 117 Å². The van der Waals surface area contributed by atoms with E-state index in [-0.39, 0.29) is 17.2 Å². The van der Waals surface area contributed by atoms with Crippen molar-refractivity contribution in [1.29, 1.82) is 0 Å². The maximum absolute atomic E-state index is 13.6. The summed E-state index contributed by atoms with van der Waals surface area (Å²) in [6.45, 7) is 1.52. The highest BCUT2D eigenvalue weighted by Crippen LogP contribution is 2.37. The molecule has 0 spiro atoms. The molecule has 0 fully saturated rings. The fourth-order valence-corrected chi connectivity index (χ4v) is 5.92. The van der Waals surface area contributed by atoms with Crippen LogP contribution in [0.25, 0.3) is 0 Å². The minimum atomic E-state index is -4.15. The number of anilines is 1. The summed E-state index contributed by atoms with van der Waals surface area (Å²) in [7, 11) is -2.65. The van der Waals surface area contributed by atoms with Crippen LogP contribution >= 0.6 is 27.5 Å². The Balaban J connectivity index is 1.48. The third-order valence-electron chi connectivity index (χ3n) is 5.96. The minimum absolute atomic E-state index is 0.0101. The molecular formula is C30H26BrClFN3O5S. The molecule has 4 rings (SSSR count). The molecule has 0 unspecified atom stereocenters. The van der Waals surface area contributed by atoms with E-state index in [4.69, 9.17) is 21.1 Å². The van der Waals surface area contributed by atoms with Crippen molar-refractivity contribution in [2.75, 3.05) is 18.0 Å². The molecule has 4 aromatic rings. The van der Waals surface area contributed by atoms with Gasteiger partial charge in [0, 0.05) is 5.02 Å². The molecule has 1 amide bonds. The number of hydrogen-bond acceptors (Lipinski definition) is 6. The van der Waals surface area contributed by atoms with Crippen LogP contribution in [0.4, 0.5) is 10.1 Å². The monoisotopic (exact) mass is 673 g/mol. The first-order valence-corrected chi connectivity index (χ1v) is 15.1. The van der Waals surface area contributed by atoms with Gasteiger partial charge in [0.2, 0.25) is 0 Å². The quantitative estimate of drug-likeness (QED) is 0.145. The Labute approximate surface area is 256 Å². The molecule has 42 heavy (non-hydrogen) atoms. The van der Waals surface area contributed by atoms with Crippen molar-refractivity contribution in [2.45, 2.75) is 18.4 Å². The molecule has 0 radical (unpaired) electrons. The highest BCUT2D eigenvalue weighted by atomic mass is 79.9. The summed E-state index contributed by atoms with van der Waals surface area (Å²) < 4.78 is 53.3. The van der Waals surface area contributed by atoms with Gasteiger partial charge in [-0.25, -0.2) is 18.2 Å². The Kier molecular flexibility index (Phi) is 10.2. The lowest BCUT2D eigenvalue weighted by Crippen LogP contribution is -2.39. The number of rotatable bonds is 11. The second-order valence-electron chi connectivity index (χ2n) is 9.04. The standard InChI is InChI=1S/C30H26BrClFN3O5S/c1-20-3-13-26(14-4-20)42(38,39)36(25-11-9-24(33)10-12-25)18-29(37)35-34-17-22-15-27(31)30(28(16-22)40-2)41-19-21-5-7-23(32)8-6-21/h3-17H,18-19H2,1-2H3,(H,35,37)/b34-17-. The largest absolute Gasteiger partial charge is 0.493 e. The summed E-state index contributed by atoms with van der Waals surface area (Å²) >= 11 is 9.42. The maximum atomic E-state index is 13.6. The summed E-state index contributed by atoms with van der Waals surface area (Å²) in [5, 5.41) is 4.61. The van der Waals surface area contributed by atoms with Crippen LogP contribution < -0.4 is 19.2 Å². The zero-order chi connectivity index (χ0) is 30.3. The second-order valence-corrected chi connectivity index (χ2v) is 12.2. The van der Waals surface area contributed by atoms with Crippen molar-refractivity contribution in [3.8, 4) is 11.5 Å². The van der Waals surface area contributed by atoms with Crippen molar-refractivity contribution in [2.24, 2.45) is 5.10 Å². The van der Waals surface area contributed by atoms with E-state index in [0.717, 1.165) is 27.6 Å². The lowest BCUT2D eigenvalue weighted by molar-refractivity contribution is -0.119. The zero-order valence-electron chi connectivity index (χ0n) is 22.6. The van der Waals surface area contributed by atoms with Gasteiger partial charge in [0.05, 0.1) is 28.4 Å². The molecule has 0 aliphatic heterocycles. The van der Waals surface area contributed by atoms with Crippen molar-refractivity contribution >= 4 is 55.4 Å². The Bertz CT molecular complexity index is 1680. The van der Waals surface area contributed by atoms with Crippen LogP contribution in [-0.4, -0.2) is 34.2 Å². The van der Waals surface area contributed by atoms with Gasteiger partial charge in [0.15, 0.2) is 11.5 Å². The first-order chi connectivity index (χ1) is 20.1. The van der Waals surface area contributed by atoms with Crippen LogP contribution in [-0.2, 0) is 21.4 Å². The average Bonchev–Trinajstić information content (AvgIpc) is 2.96. The van der Waals surface area contributed by atoms with E-state index in [9.17, 15) is 17.6 Å². The van der Waals surface area contributed by atoms with E-state index >= 15 is 0 Å². The molecule has 4 aromatic carbocycles. The van der Waals surface area contributed by atoms with Crippen LogP contribution in [0.5, 0.6) is 11.5 Å². The van der Waals surface area contributed by atoms with Gasteiger partial charge >= 0.3 is 0 Å². The minimum Gasteiger partial charge on any atom is -0.493 e. The highest BCUT2D eigenvalue weighted by Gasteiger charge is 2.27. The molecule has 0 aliphatic carbocycles. The molecule has 218 valence electrons. The normalized spacial score (nSPS) is 11.4. The lowest BCUT2D eigenvalue weighted by atomic mass is 10.2. The molecule has 12 heteroatoms. The van der Waals surface area contributed by atoms with E-state index in [1.54, 1.807) is 36.4 Å². The van der Waals surface area contributed by atoms with Gasteiger partial charge in [-0.2, -0.15) is 5.10 Å². The number of carbonyl (C=O) groups is 1. The molecule has 0 atom stereocenters. The van der Waals surface area contributed by atoms with E-state index in [2.05, 4.69) is 26.5 Å². The zero-order valence-corrected chi connectivity index (χ0v) is 25.7. The smallest absolute Gasteiger partial charge is 0.264 e. The van der Waals surface area contributed by atoms with Crippen molar-refractivity contribution in [3.63, 3.8) is 0 Å². The van der Waals surface area contributed by atoms with Gasteiger partial charge < -0.3 is 9.47 Å². The molecular weight excluding hydrogens is 649 g/mol. The first kappa shape index (κ1) is 31.0. The number of nitrogens with one attached hydrogen (secondary N) is 1. The molecule has 0 aliphatic rings. The number of benzene rings is 4. The first-order valence-electron chi connectivity index (χ1n) is 12.5. The van der Waals surface area contributed by atoms with Crippen molar-refractivity contribution < 1.29 is 27.1 Å². The number of amides is 1. The summed E-state index contributed by atoms with van der Waals surface area (Å²) in [4.78, 5) is 12.8. The predicted octanol–water partition coefficient (Wildman–Crippen LogP) is 6.48. The van der Waals surface area contributed by atoms with Gasteiger partial charge in [-0.05, 0) is 94.6 Å². The second kappa shape index (κ2) is 13.8. The molecule has 1 N–H and O–H groups in total. The average molecular weight is 675 g/mol. The van der Waals surface area contributed by atoms with Crippen LogP contribution in [0.2, 0.25) is 5.02 Å². The Morgan fingerprint density at radius 1 is 1.05 bits per heavy atom. The molecule has 0 saturated carbocycles. The fourth-order valence-electron chi connectivity index (χ4n) is 3.79. The van der Waals surface area contributed by atoms with Crippen LogP contribution in [0.1, 0.15) is 16.7 Å². The summed E-state index contributed by atoms with van der Waals surface area (Å²) in [6, 6.07) is 21.7. The van der Waals surface area contributed by atoms with E-state index < -0.39 is 28.3 Å². The van der Waals surface area contributed by atoms with E-state index in [1.807, 2.05) is 19.1 Å². The molecule has 0 saturated heterocycles. The Morgan fingerprint density at radius 2 is 1.71 bits per heavy atom. The molecule has 0 heterocycles. The van der Waals surface area contributed by atoms with Gasteiger partial charge in [-0.3, -0.25) is 9.10 Å². The van der Waals surface area contributed by atoms with Gasteiger partial charge in [-0.15, -0.1) is 0 Å². The summed E-state index contributed by atoms with van der Waals surface area (Å²) in [5.74, 6) is -0.341. The Hall–Kier alpha value is -3.93. The number of carbonyl (C=O) groups excluding carboxylic acids is 1. The SMILES string of the molecule is COc1cc(/C=N\NC(=O)CN(c2ccc(F)cc2)S(=O)(=O)c2ccc(C)cc2)cc(Br)c1OCc1ccc(Cl)cc1. The Morgan fingerprint density at radius 3 is 2.36 bits per heavy atom.